The molecule has 17 heavy (non-hydrogen) atoms. The molecule has 0 saturated heterocycles. The first-order valence-corrected chi connectivity index (χ1v) is 6.22. The molecule has 0 spiro atoms. The van der Waals surface area contributed by atoms with Crippen LogP contribution in [0.1, 0.15) is 6.42 Å². The Morgan fingerprint density at radius 3 is 2.82 bits per heavy atom. The van der Waals surface area contributed by atoms with Gasteiger partial charge in [0.15, 0.2) is 0 Å². The van der Waals surface area contributed by atoms with Crippen LogP contribution in [-0.4, -0.2) is 42.4 Å². The number of nitrogens with zero attached hydrogens (tertiary/aromatic N) is 2. The van der Waals surface area contributed by atoms with Crippen molar-refractivity contribution in [2.75, 3.05) is 18.3 Å². The lowest BCUT2D eigenvalue weighted by atomic mass is 10.4. The fourth-order valence-electron chi connectivity index (χ4n) is 1.02. The van der Waals surface area contributed by atoms with E-state index in [4.69, 9.17) is 5.11 Å². The summed E-state index contributed by atoms with van der Waals surface area (Å²) >= 11 is 0. The fraction of sp³-hybridized carbons (Fsp3) is 0.333. The number of aliphatic carboxylic acids is 1. The van der Waals surface area contributed by atoms with E-state index in [1.165, 1.54) is 19.4 Å². The van der Waals surface area contributed by atoms with E-state index in [1.54, 1.807) is 12.1 Å². The summed E-state index contributed by atoms with van der Waals surface area (Å²) < 4.78 is 26.6. The standard InChI is InChI=1S/C9H13N3O4S/c1-12(6-4-9(13)14)17(15,16)11-8-3-2-5-10-7-8/h2-3,5,7,11H,4,6H2,1H3,(H,13,14). The van der Waals surface area contributed by atoms with Crippen LogP contribution >= 0.6 is 0 Å². The third-order valence-corrected chi connectivity index (χ3v) is 3.46. The highest BCUT2D eigenvalue weighted by atomic mass is 32.2. The molecule has 7 nitrogen and oxygen atoms in total. The highest BCUT2D eigenvalue weighted by Gasteiger charge is 2.18. The van der Waals surface area contributed by atoms with Gasteiger partial charge in [0.25, 0.3) is 0 Å². The Kier molecular flexibility index (Phi) is 4.41. The van der Waals surface area contributed by atoms with Gasteiger partial charge in [-0.05, 0) is 12.1 Å². The number of aromatic nitrogens is 1. The van der Waals surface area contributed by atoms with Crippen LogP contribution in [0.4, 0.5) is 5.69 Å². The van der Waals surface area contributed by atoms with Gasteiger partial charge in [0.1, 0.15) is 0 Å². The van der Waals surface area contributed by atoms with Gasteiger partial charge >= 0.3 is 16.2 Å². The highest BCUT2D eigenvalue weighted by Crippen LogP contribution is 2.08. The molecule has 0 aliphatic rings. The third kappa shape index (κ3) is 4.37. The Labute approximate surface area is 99.3 Å². The maximum atomic E-state index is 11.7. The minimum atomic E-state index is -3.73. The summed E-state index contributed by atoms with van der Waals surface area (Å²) in [4.78, 5) is 14.1. The minimum Gasteiger partial charge on any atom is -0.481 e. The van der Waals surface area contributed by atoms with Crippen molar-refractivity contribution in [1.29, 1.82) is 0 Å². The first-order valence-electron chi connectivity index (χ1n) is 4.78. The van der Waals surface area contributed by atoms with E-state index in [-0.39, 0.29) is 13.0 Å². The average molecular weight is 259 g/mol. The number of carbonyl (C=O) groups is 1. The molecular weight excluding hydrogens is 246 g/mol. The molecule has 0 aliphatic carbocycles. The predicted molar refractivity (Wildman–Crippen MR) is 61.7 cm³/mol. The monoisotopic (exact) mass is 259 g/mol. The van der Waals surface area contributed by atoms with Crippen molar-refractivity contribution in [1.82, 2.24) is 9.29 Å². The van der Waals surface area contributed by atoms with E-state index >= 15 is 0 Å². The van der Waals surface area contributed by atoms with E-state index in [0.717, 1.165) is 4.31 Å². The first kappa shape index (κ1) is 13.4. The van der Waals surface area contributed by atoms with Gasteiger partial charge in [-0.2, -0.15) is 12.7 Å². The summed E-state index contributed by atoms with van der Waals surface area (Å²) in [7, 11) is -2.42. The molecule has 0 fully saturated rings. The molecular formula is C9H13N3O4S. The number of anilines is 1. The Morgan fingerprint density at radius 1 is 1.59 bits per heavy atom. The number of rotatable bonds is 6. The highest BCUT2D eigenvalue weighted by molar-refractivity contribution is 7.90. The molecule has 0 atom stereocenters. The van der Waals surface area contributed by atoms with Crippen molar-refractivity contribution >= 4 is 21.9 Å². The van der Waals surface area contributed by atoms with Gasteiger partial charge in [-0.25, -0.2) is 0 Å². The topological polar surface area (TPSA) is 99.6 Å². The summed E-state index contributed by atoms with van der Waals surface area (Å²) in [5.41, 5.74) is 0.328. The van der Waals surface area contributed by atoms with Gasteiger partial charge in [-0.1, -0.05) is 0 Å². The maximum absolute atomic E-state index is 11.7. The quantitative estimate of drug-likeness (QED) is 0.757. The van der Waals surface area contributed by atoms with Crippen molar-refractivity contribution in [3.05, 3.63) is 24.5 Å². The minimum absolute atomic E-state index is 0.0923. The van der Waals surface area contributed by atoms with Crippen molar-refractivity contribution < 1.29 is 18.3 Å². The lowest BCUT2D eigenvalue weighted by molar-refractivity contribution is -0.137. The van der Waals surface area contributed by atoms with Crippen LogP contribution in [0.25, 0.3) is 0 Å². The lowest BCUT2D eigenvalue weighted by Gasteiger charge is -2.17. The second-order valence-electron chi connectivity index (χ2n) is 3.31. The molecule has 0 amide bonds. The number of carboxylic acids is 1. The molecule has 8 heteroatoms. The molecule has 0 unspecified atom stereocenters. The zero-order chi connectivity index (χ0) is 12.9. The summed E-state index contributed by atoms with van der Waals surface area (Å²) in [6.07, 6.45) is 2.64. The van der Waals surface area contributed by atoms with Crippen LogP contribution < -0.4 is 4.72 Å². The summed E-state index contributed by atoms with van der Waals surface area (Å²) in [6, 6.07) is 3.14. The van der Waals surface area contributed by atoms with E-state index in [9.17, 15) is 13.2 Å². The fourth-order valence-corrected chi connectivity index (χ4v) is 1.93. The maximum Gasteiger partial charge on any atom is 0.304 e. The number of hydrogen-bond acceptors (Lipinski definition) is 4. The Balaban J connectivity index is 2.65. The molecule has 1 rings (SSSR count). The second kappa shape index (κ2) is 5.60. The summed E-state index contributed by atoms with van der Waals surface area (Å²) in [5.74, 6) is -1.05. The number of hydrogen-bond donors (Lipinski definition) is 2. The number of carboxylic acid groups (broad SMARTS) is 1. The Morgan fingerprint density at radius 2 is 2.29 bits per heavy atom. The zero-order valence-corrected chi connectivity index (χ0v) is 10.0. The zero-order valence-electron chi connectivity index (χ0n) is 9.20. The molecule has 0 saturated carbocycles. The molecule has 1 aromatic heterocycles. The number of nitrogens with one attached hydrogen (secondary N) is 1. The van der Waals surface area contributed by atoms with Crippen LogP contribution in [0.2, 0.25) is 0 Å². The first-order chi connectivity index (χ1) is 7.92. The van der Waals surface area contributed by atoms with Crippen molar-refractivity contribution in [3.8, 4) is 0 Å². The molecule has 2 N–H and O–H groups in total. The molecule has 94 valence electrons. The third-order valence-electron chi connectivity index (χ3n) is 1.96. The van der Waals surface area contributed by atoms with Crippen molar-refractivity contribution in [2.45, 2.75) is 6.42 Å². The van der Waals surface area contributed by atoms with Gasteiger partial charge in [-0.3, -0.25) is 14.5 Å². The molecule has 1 heterocycles. The van der Waals surface area contributed by atoms with Gasteiger partial charge in [-0.15, -0.1) is 0 Å². The molecule has 0 aliphatic heterocycles. The average Bonchev–Trinajstić information content (AvgIpc) is 2.26. The Bertz CT molecular complexity index is 474. The van der Waals surface area contributed by atoms with Gasteiger partial charge in [0.05, 0.1) is 18.3 Å². The molecule has 0 aromatic carbocycles. The van der Waals surface area contributed by atoms with Gasteiger partial charge < -0.3 is 5.11 Å². The van der Waals surface area contributed by atoms with Crippen LogP contribution in [0.3, 0.4) is 0 Å². The van der Waals surface area contributed by atoms with Crippen molar-refractivity contribution in [3.63, 3.8) is 0 Å². The molecule has 0 radical (unpaired) electrons. The van der Waals surface area contributed by atoms with Gasteiger partial charge in [0.2, 0.25) is 0 Å². The Hall–Kier alpha value is -1.67. The SMILES string of the molecule is CN(CCC(=O)O)S(=O)(=O)Nc1cccnc1. The number of pyridine rings is 1. The van der Waals surface area contributed by atoms with Gasteiger partial charge in [0, 0.05) is 19.8 Å². The summed E-state index contributed by atoms with van der Waals surface area (Å²) in [5, 5.41) is 8.47. The van der Waals surface area contributed by atoms with E-state index in [0.29, 0.717) is 5.69 Å². The van der Waals surface area contributed by atoms with E-state index < -0.39 is 16.2 Å². The predicted octanol–water partition coefficient (Wildman–Crippen LogP) is 0.145. The van der Waals surface area contributed by atoms with Crippen LogP contribution in [0.5, 0.6) is 0 Å². The lowest BCUT2D eigenvalue weighted by Crippen LogP contribution is -2.34. The largest absolute Gasteiger partial charge is 0.481 e. The molecule has 1 aromatic rings. The van der Waals surface area contributed by atoms with Crippen LogP contribution in [0, 0.1) is 0 Å². The van der Waals surface area contributed by atoms with E-state index in [2.05, 4.69) is 9.71 Å². The summed E-state index contributed by atoms with van der Waals surface area (Å²) in [6.45, 7) is -0.0923. The van der Waals surface area contributed by atoms with E-state index in [1.807, 2.05) is 0 Å². The normalized spacial score (nSPS) is 11.4. The smallest absolute Gasteiger partial charge is 0.304 e. The van der Waals surface area contributed by atoms with Crippen molar-refractivity contribution in [2.24, 2.45) is 0 Å². The van der Waals surface area contributed by atoms with Crippen LogP contribution in [0.15, 0.2) is 24.5 Å². The molecule has 0 bridgehead atoms. The second-order valence-corrected chi connectivity index (χ2v) is 5.09. The van der Waals surface area contributed by atoms with Crippen LogP contribution in [-0.2, 0) is 15.0 Å².